The van der Waals surface area contributed by atoms with Crippen LogP contribution in [-0.4, -0.2) is 18.2 Å². The molecule has 0 bridgehead atoms. The SMILES string of the molecule is CC1(C)Cc2cc(F)cc(CN[C@H]3CCCN[C@H]3c3ccccc3)c2O1. The van der Waals surface area contributed by atoms with Gasteiger partial charge in [-0.25, -0.2) is 4.39 Å². The number of hydrogen-bond acceptors (Lipinski definition) is 3. The molecule has 2 aliphatic heterocycles. The van der Waals surface area contributed by atoms with Gasteiger partial charge >= 0.3 is 0 Å². The van der Waals surface area contributed by atoms with E-state index in [-0.39, 0.29) is 17.5 Å². The third-order valence-corrected chi connectivity index (χ3v) is 5.37. The summed E-state index contributed by atoms with van der Waals surface area (Å²) in [7, 11) is 0. The molecule has 2 N–H and O–H groups in total. The average molecular weight is 354 g/mol. The van der Waals surface area contributed by atoms with Crippen molar-refractivity contribution in [2.45, 2.75) is 57.3 Å². The number of ether oxygens (including phenoxy) is 1. The van der Waals surface area contributed by atoms with Crippen molar-refractivity contribution < 1.29 is 9.13 Å². The van der Waals surface area contributed by atoms with Crippen molar-refractivity contribution in [3.8, 4) is 5.75 Å². The van der Waals surface area contributed by atoms with E-state index in [0.717, 1.165) is 42.7 Å². The van der Waals surface area contributed by atoms with Crippen molar-refractivity contribution >= 4 is 0 Å². The first-order chi connectivity index (χ1) is 12.5. The lowest BCUT2D eigenvalue weighted by Crippen LogP contribution is -2.45. The van der Waals surface area contributed by atoms with Crippen molar-refractivity contribution in [1.82, 2.24) is 10.6 Å². The summed E-state index contributed by atoms with van der Waals surface area (Å²) in [5, 5.41) is 7.29. The van der Waals surface area contributed by atoms with Gasteiger partial charge in [0.1, 0.15) is 17.2 Å². The van der Waals surface area contributed by atoms with Gasteiger partial charge in [-0.05, 0) is 50.9 Å². The zero-order valence-electron chi connectivity index (χ0n) is 15.5. The molecule has 2 aromatic rings. The molecule has 0 radical (unpaired) electrons. The van der Waals surface area contributed by atoms with Gasteiger partial charge in [0.05, 0.1) is 0 Å². The number of rotatable bonds is 4. The second-order valence-corrected chi connectivity index (χ2v) is 8.06. The minimum Gasteiger partial charge on any atom is -0.487 e. The third-order valence-electron chi connectivity index (χ3n) is 5.37. The van der Waals surface area contributed by atoms with Crippen LogP contribution < -0.4 is 15.4 Å². The summed E-state index contributed by atoms with van der Waals surface area (Å²) in [4.78, 5) is 0. The molecule has 4 rings (SSSR count). The van der Waals surface area contributed by atoms with Crippen molar-refractivity contribution in [3.05, 3.63) is 65.0 Å². The number of nitrogens with one attached hydrogen (secondary N) is 2. The van der Waals surface area contributed by atoms with Crippen LogP contribution in [0.4, 0.5) is 4.39 Å². The fourth-order valence-corrected chi connectivity index (χ4v) is 4.24. The molecule has 0 aliphatic carbocycles. The molecule has 2 heterocycles. The Morgan fingerprint density at radius 3 is 2.85 bits per heavy atom. The summed E-state index contributed by atoms with van der Waals surface area (Å²) in [5.74, 6) is 0.687. The Kier molecular flexibility index (Phi) is 4.72. The van der Waals surface area contributed by atoms with E-state index in [2.05, 4.69) is 48.7 Å². The third kappa shape index (κ3) is 3.62. The molecule has 0 aromatic heterocycles. The minimum absolute atomic E-state index is 0.178. The zero-order valence-corrected chi connectivity index (χ0v) is 15.5. The summed E-state index contributed by atoms with van der Waals surface area (Å²) in [5.41, 5.74) is 2.94. The maximum atomic E-state index is 14.1. The first-order valence-electron chi connectivity index (χ1n) is 9.54. The molecule has 4 heteroatoms. The lowest BCUT2D eigenvalue weighted by Gasteiger charge is -2.34. The summed E-state index contributed by atoms with van der Waals surface area (Å²) in [6, 6.07) is 14.4. The molecular formula is C22H27FN2O. The lowest BCUT2D eigenvalue weighted by molar-refractivity contribution is 0.137. The van der Waals surface area contributed by atoms with Gasteiger partial charge in [-0.3, -0.25) is 0 Å². The molecule has 2 aliphatic rings. The Morgan fingerprint density at radius 2 is 2.04 bits per heavy atom. The predicted octanol–water partition coefficient (Wildman–Crippen LogP) is 4.12. The molecule has 0 saturated carbocycles. The first-order valence-corrected chi connectivity index (χ1v) is 9.54. The topological polar surface area (TPSA) is 33.3 Å². The van der Waals surface area contributed by atoms with E-state index >= 15 is 0 Å². The van der Waals surface area contributed by atoms with Crippen molar-refractivity contribution in [1.29, 1.82) is 0 Å². The average Bonchev–Trinajstić information content (AvgIpc) is 2.94. The van der Waals surface area contributed by atoms with E-state index in [1.807, 2.05) is 6.07 Å². The molecular weight excluding hydrogens is 327 g/mol. The highest BCUT2D eigenvalue weighted by molar-refractivity contribution is 5.46. The molecule has 138 valence electrons. The van der Waals surface area contributed by atoms with E-state index < -0.39 is 0 Å². The standard InChI is InChI=1S/C22H27FN2O/c1-22(2)13-16-11-18(23)12-17(21(16)26-22)14-25-19-9-6-10-24-20(19)15-7-4-3-5-8-15/h3-5,7-8,11-12,19-20,24-25H,6,9-10,13-14H2,1-2H3/t19-,20-/m0/s1. The van der Waals surface area contributed by atoms with Gasteiger partial charge in [-0.1, -0.05) is 30.3 Å². The number of benzene rings is 2. The van der Waals surface area contributed by atoms with E-state index in [1.54, 1.807) is 12.1 Å². The highest BCUT2D eigenvalue weighted by Gasteiger charge is 2.33. The van der Waals surface area contributed by atoms with Gasteiger partial charge in [0.15, 0.2) is 0 Å². The van der Waals surface area contributed by atoms with Crippen LogP contribution in [0.25, 0.3) is 0 Å². The largest absolute Gasteiger partial charge is 0.487 e. The van der Waals surface area contributed by atoms with Crippen molar-refractivity contribution in [2.75, 3.05) is 6.54 Å². The quantitative estimate of drug-likeness (QED) is 0.866. The van der Waals surface area contributed by atoms with Crippen LogP contribution in [0.2, 0.25) is 0 Å². The van der Waals surface area contributed by atoms with E-state index in [0.29, 0.717) is 12.6 Å². The van der Waals surface area contributed by atoms with Crippen molar-refractivity contribution in [2.24, 2.45) is 0 Å². The van der Waals surface area contributed by atoms with Crippen LogP contribution in [0, 0.1) is 5.82 Å². The number of piperidine rings is 1. The predicted molar refractivity (Wildman–Crippen MR) is 102 cm³/mol. The summed E-state index contributed by atoms with van der Waals surface area (Å²) in [6.07, 6.45) is 3.01. The Morgan fingerprint density at radius 1 is 1.23 bits per heavy atom. The maximum Gasteiger partial charge on any atom is 0.128 e. The normalized spacial score (nSPS) is 24.1. The van der Waals surface area contributed by atoms with Crippen LogP contribution >= 0.6 is 0 Å². The molecule has 0 spiro atoms. The van der Waals surface area contributed by atoms with Gasteiger partial charge in [0.25, 0.3) is 0 Å². The van der Waals surface area contributed by atoms with Gasteiger partial charge in [0.2, 0.25) is 0 Å². The monoisotopic (exact) mass is 354 g/mol. The summed E-state index contributed by atoms with van der Waals surface area (Å²) >= 11 is 0. The number of halogens is 1. The lowest BCUT2D eigenvalue weighted by atomic mass is 9.92. The molecule has 1 fully saturated rings. The smallest absolute Gasteiger partial charge is 0.128 e. The van der Waals surface area contributed by atoms with Gasteiger partial charge in [-0.15, -0.1) is 0 Å². The van der Waals surface area contributed by atoms with Gasteiger partial charge in [-0.2, -0.15) is 0 Å². The maximum absolute atomic E-state index is 14.1. The first kappa shape index (κ1) is 17.5. The Bertz CT molecular complexity index is 775. The number of fused-ring (bicyclic) bond motifs is 1. The van der Waals surface area contributed by atoms with E-state index in [9.17, 15) is 4.39 Å². The molecule has 3 nitrogen and oxygen atoms in total. The van der Waals surface area contributed by atoms with Crippen LogP contribution in [-0.2, 0) is 13.0 Å². The summed E-state index contributed by atoms with van der Waals surface area (Å²) < 4.78 is 20.2. The Balaban J connectivity index is 1.52. The highest BCUT2D eigenvalue weighted by atomic mass is 19.1. The van der Waals surface area contributed by atoms with Crippen LogP contribution in [0.15, 0.2) is 42.5 Å². The number of hydrogen-bond donors (Lipinski definition) is 2. The molecule has 0 unspecified atom stereocenters. The minimum atomic E-state index is -0.260. The van der Waals surface area contributed by atoms with Crippen LogP contribution in [0.1, 0.15) is 49.4 Å². The Hall–Kier alpha value is -1.91. The second-order valence-electron chi connectivity index (χ2n) is 8.06. The Labute approximate surface area is 155 Å². The van der Waals surface area contributed by atoms with Crippen LogP contribution in [0.3, 0.4) is 0 Å². The van der Waals surface area contributed by atoms with E-state index in [4.69, 9.17) is 4.74 Å². The van der Waals surface area contributed by atoms with Gasteiger partial charge in [0, 0.05) is 36.2 Å². The molecule has 0 amide bonds. The van der Waals surface area contributed by atoms with Crippen molar-refractivity contribution in [3.63, 3.8) is 0 Å². The van der Waals surface area contributed by atoms with Gasteiger partial charge < -0.3 is 15.4 Å². The molecule has 2 aromatic carbocycles. The van der Waals surface area contributed by atoms with Crippen LogP contribution in [0.5, 0.6) is 5.75 Å². The molecule has 1 saturated heterocycles. The highest BCUT2D eigenvalue weighted by Crippen LogP contribution is 2.38. The molecule has 2 atom stereocenters. The zero-order chi connectivity index (χ0) is 18.1. The second kappa shape index (κ2) is 7.01. The van der Waals surface area contributed by atoms with E-state index in [1.165, 1.54) is 5.56 Å². The fraction of sp³-hybridized carbons (Fsp3) is 0.455. The fourth-order valence-electron chi connectivity index (χ4n) is 4.24. The summed E-state index contributed by atoms with van der Waals surface area (Å²) in [6.45, 7) is 5.76. The molecule has 26 heavy (non-hydrogen) atoms.